The minimum atomic E-state index is -0.460. The lowest BCUT2D eigenvalue weighted by Crippen LogP contribution is -2.53. The number of likely N-dealkylation sites (tertiary alicyclic amines) is 1. The molecule has 4 rings (SSSR count). The average Bonchev–Trinajstić information content (AvgIpc) is 2.90. The second kappa shape index (κ2) is 5.53. The molecule has 0 bridgehead atoms. The summed E-state index contributed by atoms with van der Waals surface area (Å²) < 4.78 is 2.43. The van der Waals surface area contributed by atoms with Crippen LogP contribution in [0.5, 0.6) is 0 Å². The summed E-state index contributed by atoms with van der Waals surface area (Å²) >= 11 is 3.43. The van der Waals surface area contributed by atoms with E-state index >= 15 is 0 Å². The molecular weight excluding hydrogens is 376 g/mol. The van der Waals surface area contributed by atoms with E-state index in [2.05, 4.69) is 31.0 Å². The molecule has 8 nitrogen and oxygen atoms in total. The van der Waals surface area contributed by atoms with Gasteiger partial charge in [0.2, 0.25) is 5.95 Å². The van der Waals surface area contributed by atoms with Gasteiger partial charge in [0.25, 0.3) is 5.91 Å². The van der Waals surface area contributed by atoms with Gasteiger partial charge in [0.1, 0.15) is 0 Å². The monoisotopic (exact) mass is 388 g/mol. The molecule has 3 aromatic rings. The third-order valence-electron chi connectivity index (χ3n) is 3.87. The van der Waals surface area contributed by atoms with Gasteiger partial charge in [-0.2, -0.15) is 10.1 Å². The summed E-state index contributed by atoms with van der Waals surface area (Å²) in [5.41, 5.74) is 6.70. The molecule has 1 aromatic carbocycles. The SMILES string of the molecule is Nc1nccc(-n2nc(C(=O)N3CC(O)C3)c3ccc(Br)cc32)n1. The predicted octanol–water partition coefficient (Wildman–Crippen LogP) is 0.977. The fourth-order valence-electron chi connectivity index (χ4n) is 2.67. The lowest BCUT2D eigenvalue weighted by Gasteiger charge is -2.35. The summed E-state index contributed by atoms with van der Waals surface area (Å²) in [7, 11) is 0. The molecule has 122 valence electrons. The van der Waals surface area contributed by atoms with Crippen molar-refractivity contribution in [1.82, 2.24) is 24.6 Å². The van der Waals surface area contributed by atoms with Crippen LogP contribution in [-0.2, 0) is 0 Å². The zero-order chi connectivity index (χ0) is 16.8. The Bertz CT molecular complexity index is 950. The molecule has 0 radical (unpaired) electrons. The van der Waals surface area contributed by atoms with Crippen molar-refractivity contribution in [1.29, 1.82) is 0 Å². The summed E-state index contributed by atoms with van der Waals surface area (Å²) in [5.74, 6) is 0.395. The number of anilines is 1. The van der Waals surface area contributed by atoms with Gasteiger partial charge < -0.3 is 15.7 Å². The van der Waals surface area contributed by atoms with Crippen LogP contribution in [0.15, 0.2) is 34.9 Å². The Morgan fingerprint density at radius 3 is 2.83 bits per heavy atom. The zero-order valence-corrected chi connectivity index (χ0v) is 14.0. The Hall–Kier alpha value is -2.52. The first-order valence-electron chi connectivity index (χ1n) is 7.27. The van der Waals surface area contributed by atoms with Crippen molar-refractivity contribution in [3.8, 4) is 5.82 Å². The number of aliphatic hydroxyl groups excluding tert-OH is 1. The molecule has 2 aromatic heterocycles. The Balaban J connectivity index is 1.88. The molecule has 1 amide bonds. The Morgan fingerprint density at radius 2 is 2.12 bits per heavy atom. The number of amides is 1. The quantitative estimate of drug-likeness (QED) is 0.676. The normalized spacial score (nSPS) is 14.8. The van der Waals surface area contributed by atoms with Crippen LogP contribution in [0.4, 0.5) is 5.95 Å². The highest BCUT2D eigenvalue weighted by atomic mass is 79.9. The van der Waals surface area contributed by atoms with Gasteiger partial charge in [-0.15, -0.1) is 0 Å². The summed E-state index contributed by atoms with van der Waals surface area (Å²) in [6, 6.07) is 7.22. The third kappa shape index (κ3) is 2.42. The average molecular weight is 389 g/mol. The summed E-state index contributed by atoms with van der Waals surface area (Å²) in [6.45, 7) is 0.647. The van der Waals surface area contributed by atoms with Gasteiger partial charge in [0, 0.05) is 35.2 Å². The van der Waals surface area contributed by atoms with Crippen molar-refractivity contribution in [2.24, 2.45) is 0 Å². The number of halogens is 1. The number of benzene rings is 1. The van der Waals surface area contributed by atoms with Crippen LogP contribution < -0.4 is 5.73 Å². The van der Waals surface area contributed by atoms with E-state index in [0.29, 0.717) is 30.0 Å². The predicted molar refractivity (Wildman–Crippen MR) is 90.7 cm³/mol. The molecule has 9 heteroatoms. The van der Waals surface area contributed by atoms with E-state index in [9.17, 15) is 9.90 Å². The fraction of sp³-hybridized carbons (Fsp3) is 0.200. The van der Waals surface area contributed by atoms with Crippen LogP contribution in [0.1, 0.15) is 10.5 Å². The summed E-state index contributed by atoms with van der Waals surface area (Å²) in [4.78, 5) is 22.3. The number of hydrogen-bond acceptors (Lipinski definition) is 6. The van der Waals surface area contributed by atoms with Crippen molar-refractivity contribution < 1.29 is 9.90 Å². The highest BCUT2D eigenvalue weighted by molar-refractivity contribution is 9.10. The van der Waals surface area contributed by atoms with Gasteiger partial charge in [0.05, 0.1) is 11.6 Å². The number of carbonyl (C=O) groups excluding carboxylic acids is 1. The lowest BCUT2D eigenvalue weighted by atomic mass is 10.1. The second-order valence-electron chi connectivity index (χ2n) is 5.56. The minimum absolute atomic E-state index is 0.130. The van der Waals surface area contributed by atoms with Gasteiger partial charge in [-0.05, 0) is 18.2 Å². The van der Waals surface area contributed by atoms with Crippen LogP contribution in [0, 0.1) is 0 Å². The Labute approximate surface area is 145 Å². The van der Waals surface area contributed by atoms with E-state index in [1.807, 2.05) is 18.2 Å². The molecule has 1 fully saturated rings. The zero-order valence-electron chi connectivity index (χ0n) is 12.4. The molecule has 24 heavy (non-hydrogen) atoms. The molecular formula is C15H13BrN6O2. The molecule has 0 saturated carbocycles. The largest absolute Gasteiger partial charge is 0.389 e. The molecule has 1 aliphatic rings. The maximum Gasteiger partial charge on any atom is 0.275 e. The molecule has 1 saturated heterocycles. The van der Waals surface area contributed by atoms with Crippen molar-refractivity contribution >= 4 is 38.7 Å². The van der Waals surface area contributed by atoms with Crippen LogP contribution in [0.3, 0.4) is 0 Å². The number of nitrogen functional groups attached to an aromatic ring is 1. The maximum atomic E-state index is 12.7. The number of carbonyl (C=O) groups is 1. The number of β-amino-alcohol motifs (C(OH)–C–C–N with tert-alkyl or cyclic N) is 1. The molecule has 0 unspecified atom stereocenters. The fourth-order valence-corrected chi connectivity index (χ4v) is 3.02. The number of aliphatic hydroxyl groups is 1. The van der Waals surface area contributed by atoms with Crippen LogP contribution in [-0.4, -0.2) is 54.9 Å². The van der Waals surface area contributed by atoms with Crippen LogP contribution in [0.25, 0.3) is 16.7 Å². The van der Waals surface area contributed by atoms with E-state index in [1.54, 1.807) is 15.6 Å². The molecule has 1 aliphatic heterocycles. The third-order valence-corrected chi connectivity index (χ3v) is 4.36. The van der Waals surface area contributed by atoms with Gasteiger partial charge in [-0.25, -0.2) is 9.67 Å². The summed E-state index contributed by atoms with van der Waals surface area (Å²) in [5, 5.41) is 14.6. The lowest BCUT2D eigenvalue weighted by molar-refractivity contribution is 0.00560. The van der Waals surface area contributed by atoms with E-state index in [-0.39, 0.29) is 11.9 Å². The Kier molecular flexibility index (Phi) is 3.47. The minimum Gasteiger partial charge on any atom is -0.389 e. The van der Waals surface area contributed by atoms with Crippen molar-refractivity contribution in [2.75, 3.05) is 18.8 Å². The highest BCUT2D eigenvalue weighted by Gasteiger charge is 2.32. The van der Waals surface area contributed by atoms with Crippen LogP contribution >= 0.6 is 15.9 Å². The number of hydrogen-bond donors (Lipinski definition) is 2. The molecule has 0 atom stereocenters. The standard InChI is InChI=1S/C15H13BrN6O2/c16-8-1-2-10-11(5-8)22(12-3-4-18-15(17)19-12)20-13(10)14(24)21-6-9(23)7-21/h1-5,9,23H,6-7H2,(H2,17,18,19). The van der Waals surface area contributed by atoms with E-state index in [0.717, 1.165) is 9.99 Å². The highest BCUT2D eigenvalue weighted by Crippen LogP contribution is 2.27. The maximum absolute atomic E-state index is 12.7. The van der Waals surface area contributed by atoms with Crippen molar-refractivity contribution in [2.45, 2.75) is 6.10 Å². The van der Waals surface area contributed by atoms with E-state index < -0.39 is 6.10 Å². The van der Waals surface area contributed by atoms with Gasteiger partial charge in [-0.1, -0.05) is 15.9 Å². The molecule has 0 aliphatic carbocycles. The molecule has 3 N–H and O–H groups in total. The topological polar surface area (TPSA) is 110 Å². The first kappa shape index (κ1) is 15.0. The summed E-state index contributed by atoms with van der Waals surface area (Å²) in [6.07, 6.45) is 1.08. The van der Waals surface area contributed by atoms with Crippen molar-refractivity contribution in [3.05, 3.63) is 40.6 Å². The Morgan fingerprint density at radius 1 is 1.33 bits per heavy atom. The second-order valence-corrected chi connectivity index (χ2v) is 6.47. The first-order chi connectivity index (χ1) is 11.5. The van der Waals surface area contributed by atoms with Crippen molar-refractivity contribution in [3.63, 3.8) is 0 Å². The first-order valence-corrected chi connectivity index (χ1v) is 8.07. The number of rotatable bonds is 2. The van der Waals surface area contributed by atoms with Gasteiger partial charge in [0.15, 0.2) is 11.5 Å². The number of nitrogens with two attached hydrogens (primary N) is 1. The molecule has 3 heterocycles. The smallest absolute Gasteiger partial charge is 0.275 e. The molecule has 0 spiro atoms. The van der Waals surface area contributed by atoms with E-state index in [4.69, 9.17) is 5.73 Å². The number of aromatic nitrogens is 4. The van der Waals surface area contributed by atoms with Gasteiger partial charge in [-0.3, -0.25) is 4.79 Å². The van der Waals surface area contributed by atoms with Gasteiger partial charge >= 0.3 is 0 Å². The number of fused-ring (bicyclic) bond motifs is 1. The number of nitrogens with zero attached hydrogens (tertiary/aromatic N) is 5. The van der Waals surface area contributed by atoms with E-state index in [1.165, 1.54) is 6.20 Å². The van der Waals surface area contributed by atoms with Crippen LogP contribution in [0.2, 0.25) is 0 Å².